The highest BCUT2D eigenvalue weighted by molar-refractivity contribution is 6.30. The molecular formula is C21H21ClN2O4. The number of ketones is 1. The summed E-state index contributed by atoms with van der Waals surface area (Å²) in [6, 6.07) is 13.5. The Morgan fingerprint density at radius 2 is 1.57 bits per heavy atom. The van der Waals surface area contributed by atoms with Gasteiger partial charge in [0.15, 0.2) is 12.4 Å². The van der Waals surface area contributed by atoms with Gasteiger partial charge in [-0.1, -0.05) is 17.7 Å². The molecule has 2 amide bonds. The number of carbonyl (C=O) groups excluding carboxylic acids is 3. The average molecular weight is 401 g/mol. The summed E-state index contributed by atoms with van der Waals surface area (Å²) in [5, 5.41) is 0.521. The molecule has 0 atom stereocenters. The fourth-order valence-corrected chi connectivity index (χ4v) is 3.18. The summed E-state index contributed by atoms with van der Waals surface area (Å²) in [5.41, 5.74) is 1.14. The Balaban J connectivity index is 1.48. The molecule has 1 heterocycles. The number of benzene rings is 2. The monoisotopic (exact) mass is 400 g/mol. The summed E-state index contributed by atoms with van der Waals surface area (Å²) in [4.78, 5) is 39.6. The molecule has 1 fully saturated rings. The lowest BCUT2D eigenvalue weighted by atomic mass is 10.1. The van der Waals surface area contributed by atoms with Crippen molar-refractivity contribution in [2.24, 2.45) is 0 Å². The van der Waals surface area contributed by atoms with E-state index in [2.05, 4.69) is 0 Å². The van der Waals surface area contributed by atoms with Crippen molar-refractivity contribution in [3.63, 3.8) is 0 Å². The molecule has 28 heavy (non-hydrogen) atoms. The second-order valence-corrected chi connectivity index (χ2v) is 6.99. The lowest BCUT2D eigenvalue weighted by Gasteiger charge is -2.34. The Kier molecular flexibility index (Phi) is 6.31. The molecule has 1 aliphatic heterocycles. The maximum atomic E-state index is 12.5. The van der Waals surface area contributed by atoms with Crippen molar-refractivity contribution in [3.05, 3.63) is 64.7 Å². The van der Waals surface area contributed by atoms with Crippen molar-refractivity contribution in [2.75, 3.05) is 32.8 Å². The van der Waals surface area contributed by atoms with Gasteiger partial charge >= 0.3 is 0 Å². The molecule has 2 aromatic carbocycles. The fourth-order valence-electron chi connectivity index (χ4n) is 2.99. The Morgan fingerprint density at radius 1 is 0.929 bits per heavy atom. The standard InChI is InChI=1S/C21H21ClN2O4/c1-15(25)16-5-7-19(8-6-16)28-14-20(26)23-9-11-24(12-10-23)21(27)17-3-2-4-18(22)13-17/h2-8,13H,9-12,14H2,1H3. The van der Waals surface area contributed by atoms with Gasteiger partial charge in [0.1, 0.15) is 5.75 Å². The summed E-state index contributed by atoms with van der Waals surface area (Å²) in [7, 11) is 0. The van der Waals surface area contributed by atoms with Crippen LogP contribution in [0.15, 0.2) is 48.5 Å². The van der Waals surface area contributed by atoms with Crippen LogP contribution in [0, 0.1) is 0 Å². The molecule has 6 nitrogen and oxygen atoms in total. The van der Waals surface area contributed by atoms with Gasteiger partial charge in [-0.3, -0.25) is 14.4 Å². The molecule has 0 bridgehead atoms. The molecule has 7 heteroatoms. The number of Topliss-reactive ketones (excluding diaryl/α,β-unsaturated/α-hetero) is 1. The van der Waals surface area contributed by atoms with Gasteiger partial charge in [-0.15, -0.1) is 0 Å². The van der Waals surface area contributed by atoms with Crippen molar-refractivity contribution < 1.29 is 19.1 Å². The van der Waals surface area contributed by atoms with Gasteiger partial charge in [-0.2, -0.15) is 0 Å². The zero-order valence-electron chi connectivity index (χ0n) is 15.6. The molecule has 0 N–H and O–H groups in total. The second kappa shape index (κ2) is 8.89. The van der Waals surface area contributed by atoms with Gasteiger partial charge in [0.25, 0.3) is 11.8 Å². The first-order chi connectivity index (χ1) is 13.4. The Labute approximate surface area is 168 Å². The zero-order valence-corrected chi connectivity index (χ0v) is 16.3. The van der Waals surface area contributed by atoms with E-state index in [0.717, 1.165) is 0 Å². The van der Waals surface area contributed by atoms with E-state index in [1.54, 1.807) is 58.3 Å². The van der Waals surface area contributed by atoms with Crippen molar-refractivity contribution >= 4 is 29.2 Å². The Bertz CT molecular complexity index is 874. The van der Waals surface area contributed by atoms with E-state index in [-0.39, 0.29) is 24.2 Å². The van der Waals surface area contributed by atoms with Crippen LogP contribution in [0.4, 0.5) is 0 Å². The number of piperazine rings is 1. The van der Waals surface area contributed by atoms with Crippen LogP contribution in [0.2, 0.25) is 5.02 Å². The van der Waals surface area contributed by atoms with Crippen molar-refractivity contribution in [1.29, 1.82) is 0 Å². The number of nitrogens with zero attached hydrogens (tertiary/aromatic N) is 2. The van der Waals surface area contributed by atoms with Crippen LogP contribution >= 0.6 is 11.6 Å². The molecule has 0 radical (unpaired) electrons. The molecule has 0 aliphatic carbocycles. The summed E-state index contributed by atoms with van der Waals surface area (Å²) in [6.45, 7) is 3.25. The number of hydrogen-bond donors (Lipinski definition) is 0. The van der Waals surface area contributed by atoms with Crippen molar-refractivity contribution in [1.82, 2.24) is 9.80 Å². The SMILES string of the molecule is CC(=O)c1ccc(OCC(=O)N2CCN(C(=O)c3cccc(Cl)c3)CC2)cc1. The highest BCUT2D eigenvalue weighted by Gasteiger charge is 2.25. The lowest BCUT2D eigenvalue weighted by molar-refractivity contribution is -0.134. The summed E-state index contributed by atoms with van der Waals surface area (Å²) in [6.07, 6.45) is 0. The van der Waals surface area contributed by atoms with Crippen molar-refractivity contribution in [3.8, 4) is 5.75 Å². The Hall–Kier alpha value is -2.86. The fraction of sp³-hybridized carbons (Fsp3) is 0.286. The van der Waals surface area contributed by atoms with Crippen LogP contribution in [0.25, 0.3) is 0 Å². The number of halogens is 1. The third kappa shape index (κ3) is 4.89. The van der Waals surface area contributed by atoms with E-state index in [0.29, 0.717) is 48.1 Å². The third-order valence-corrected chi connectivity index (χ3v) is 4.85. The minimum absolute atomic E-state index is 0.0205. The molecule has 0 saturated carbocycles. The number of amides is 2. The van der Waals surface area contributed by atoms with E-state index in [1.807, 2.05) is 0 Å². The highest BCUT2D eigenvalue weighted by atomic mass is 35.5. The van der Waals surface area contributed by atoms with Crippen LogP contribution in [-0.2, 0) is 4.79 Å². The molecule has 1 aliphatic rings. The molecule has 0 aromatic heterocycles. The summed E-state index contributed by atoms with van der Waals surface area (Å²) >= 11 is 5.95. The number of rotatable bonds is 5. The number of hydrogen-bond acceptors (Lipinski definition) is 4. The molecule has 0 spiro atoms. The van der Waals surface area contributed by atoms with Gasteiger partial charge in [0, 0.05) is 42.3 Å². The molecular weight excluding hydrogens is 380 g/mol. The van der Waals surface area contributed by atoms with E-state index in [1.165, 1.54) is 6.92 Å². The normalized spacial score (nSPS) is 13.9. The minimum Gasteiger partial charge on any atom is -0.484 e. The number of ether oxygens (including phenoxy) is 1. The molecule has 2 aromatic rings. The lowest BCUT2D eigenvalue weighted by Crippen LogP contribution is -2.51. The maximum absolute atomic E-state index is 12.5. The first-order valence-corrected chi connectivity index (χ1v) is 9.38. The number of carbonyl (C=O) groups is 3. The second-order valence-electron chi connectivity index (χ2n) is 6.55. The molecule has 146 valence electrons. The van der Waals surface area contributed by atoms with Crippen LogP contribution in [0.3, 0.4) is 0 Å². The van der Waals surface area contributed by atoms with Crippen LogP contribution in [-0.4, -0.2) is 60.2 Å². The first kappa shape index (κ1) is 19.9. The van der Waals surface area contributed by atoms with E-state index in [9.17, 15) is 14.4 Å². The van der Waals surface area contributed by atoms with E-state index < -0.39 is 0 Å². The topological polar surface area (TPSA) is 66.9 Å². The van der Waals surface area contributed by atoms with E-state index >= 15 is 0 Å². The highest BCUT2D eigenvalue weighted by Crippen LogP contribution is 2.15. The Morgan fingerprint density at radius 3 is 2.18 bits per heavy atom. The van der Waals surface area contributed by atoms with Crippen LogP contribution in [0.1, 0.15) is 27.6 Å². The summed E-state index contributed by atoms with van der Waals surface area (Å²) in [5.74, 6) is 0.294. The third-order valence-electron chi connectivity index (χ3n) is 4.61. The van der Waals surface area contributed by atoms with Gasteiger partial charge in [0.05, 0.1) is 0 Å². The quantitative estimate of drug-likeness (QED) is 0.724. The predicted molar refractivity (Wildman–Crippen MR) is 106 cm³/mol. The smallest absolute Gasteiger partial charge is 0.260 e. The summed E-state index contributed by atoms with van der Waals surface area (Å²) < 4.78 is 5.51. The van der Waals surface area contributed by atoms with E-state index in [4.69, 9.17) is 16.3 Å². The van der Waals surface area contributed by atoms with Gasteiger partial charge < -0.3 is 14.5 Å². The van der Waals surface area contributed by atoms with Gasteiger partial charge in [-0.05, 0) is 49.4 Å². The van der Waals surface area contributed by atoms with Crippen molar-refractivity contribution in [2.45, 2.75) is 6.92 Å². The zero-order chi connectivity index (χ0) is 20.1. The molecule has 0 unspecified atom stereocenters. The van der Waals surface area contributed by atoms with Gasteiger partial charge in [0.2, 0.25) is 0 Å². The van der Waals surface area contributed by atoms with Crippen LogP contribution < -0.4 is 4.74 Å². The van der Waals surface area contributed by atoms with Crippen LogP contribution in [0.5, 0.6) is 5.75 Å². The largest absolute Gasteiger partial charge is 0.484 e. The average Bonchev–Trinajstić information content (AvgIpc) is 2.72. The maximum Gasteiger partial charge on any atom is 0.260 e. The minimum atomic E-state index is -0.134. The molecule has 1 saturated heterocycles. The predicted octanol–water partition coefficient (Wildman–Crippen LogP) is 2.91. The molecule has 3 rings (SSSR count). The first-order valence-electron chi connectivity index (χ1n) is 9.00. The van der Waals surface area contributed by atoms with Gasteiger partial charge in [-0.25, -0.2) is 0 Å².